The Kier molecular flexibility index (Phi) is 2.42. The van der Waals surface area contributed by atoms with Crippen LogP contribution in [0.2, 0.25) is 0 Å². The fraction of sp³-hybridized carbons (Fsp3) is 0.154. The van der Waals surface area contributed by atoms with E-state index in [9.17, 15) is 0 Å². The van der Waals surface area contributed by atoms with Crippen LogP contribution in [-0.2, 0) is 13.1 Å². The first kappa shape index (κ1) is 10.1. The molecule has 0 bridgehead atoms. The smallest absolute Gasteiger partial charge is 0.0923 e. The Morgan fingerprint density at radius 3 is 3.00 bits per heavy atom. The number of hydrogen-bond acceptors (Lipinski definition) is 2. The van der Waals surface area contributed by atoms with Gasteiger partial charge in [-0.15, -0.1) is 0 Å². The summed E-state index contributed by atoms with van der Waals surface area (Å²) < 4.78 is 2.19. The number of fused-ring (bicyclic) bond motifs is 1. The van der Waals surface area contributed by atoms with E-state index in [0.717, 1.165) is 17.8 Å². The van der Waals surface area contributed by atoms with Gasteiger partial charge in [0.15, 0.2) is 0 Å². The molecule has 3 rings (SSSR count). The van der Waals surface area contributed by atoms with Crippen LogP contribution in [0.25, 0.3) is 10.9 Å². The molecule has 0 unspecified atom stereocenters. The minimum absolute atomic E-state index is 0.573. The Morgan fingerprint density at radius 2 is 2.24 bits per heavy atom. The average Bonchev–Trinajstić information content (AvgIpc) is 2.99. The maximum atomic E-state index is 5.67. The summed E-state index contributed by atoms with van der Waals surface area (Å²) in [7, 11) is 0. The van der Waals surface area contributed by atoms with Gasteiger partial charge in [-0.05, 0) is 23.1 Å². The number of imidazole rings is 1. The zero-order chi connectivity index (χ0) is 11.7. The highest BCUT2D eigenvalue weighted by molar-refractivity contribution is 5.80. The molecule has 0 aliphatic heterocycles. The molecule has 0 radical (unpaired) electrons. The number of hydrogen-bond donors (Lipinski definition) is 2. The normalized spacial score (nSPS) is 11.1. The highest BCUT2D eigenvalue weighted by atomic mass is 15.0. The van der Waals surface area contributed by atoms with Crippen LogP contribution < -0.4 is 5.73 Å². The van der Waals surface area contributed by atoms with Gasteiger partial charge in [0.1, 0.15) is 0 Å². The predicted octanol–water partition coefficient (Wildman–Crippen LogP) is 1.87. The van der Waals surface area contributed by atoms with Crippen molar-refractivity contribution < 1.29 is 0 Å². The van der Waals surface area contributed by atoms with E-state index < -0.39 is 0 Å². The fourth-order valence-electron chi connectivity index (χ4n) is 2.05. The summed E-state index contributed by atoms with van der Waals surface area (Å²) >= 11 is 0. The molecule has 0 aliphatic carbocycles. The summed E-state index contributed by atoms with van der Waals surface area (Å²) in [5.41, 5.74) is 9.05. The van der Waals surface area contributed by atoms with Crippen LogP contribution in [0.3, 0.4) is 0 Å². The Morgan fingerprint density at radius 1 is 1.29 bits per heavy atom. The van der Waals surface area contributed by atoms with Gasteiger partial charge in [-0.3, -0.25) is 0 Å². The lowest BCUT2D eigenvalue weighted by atomic mass is 10.1. The van der Waals surface area contributed by atoms with Crippen molar-refractivity contribution in [3.63, 3.8) is 0 Å². The highest BCUT2D eigenvalue weighted by Crippen LogP contribution is 2.18. The molecule has 1 aromatic carbocycles. The van der Waals surface area contributed by atoms with Gasteiger partial charge < -0.3 is 15.3 Å². The molecule has 0 fully saturated rings. The van der Waals surface area contributed by atoms with Gasteiger partial charge in [0, 0.05) is 24.5 Å². The first-order valence-electron chi connectivity index (χ1n) is 5.62. The minimum Gasteiger partial charge on any atom is -0.351 e. The maximum Gasteiger partial charge on any atom is 0.0923 e. The highest BCUT2D eigenvalue weighted by Gasteiger charge is 2.03. The van der Waals surface area contributed by atoms with Crippen LogP contribution in [0.5, 0.6) is 0 Å². The summed E-state index contributed by atoms with van der Waals surface area (Å²) in [5.74, 6) is 0. The standard InChI is InChI=1S/C13H14N4/c14-6-10-1-2-11-3-4-17(13(11)5-10)8-12-7-15-9-16-12/h1-5,7,9H,6,8,14H2,(H,15,16). The first-order chi connectivity index (χ1) is 8.36. The second kappa shape index (κ2) is 4.07. The van der Waals surface area contributed by atoms with Crippen LogP contribution in [0.15, 0.2) is 43.0 Å². The van der Waals surface area contributed by atoms with Crippen LogP contribution in [-0.4, -0.2) is 14.5 Å². The van der Waals surface area contributed by atoms with Crippen molar-refractivity contribution in [2.75, 3.05) is 0 Å². The van der Waals surface area contributed by atoms with E-state index in [1.165, 1.54) is 10.9 Å². The number of aromatic amines is 1. The lowest BCUT2D eigenvalue weighted by molar-refractivity contribution is 0.813. The molecule has 0 saturated heterocycles. The van der Waals surface area contributed by atoms with Crippen LogP contribution in [0.1, 0.15) is 11.3 Å². The molecular formula is C13H14N4. The van der Waals surface area contributed by atoms with E-state index in [-0.39, 0.29) is 0 Å². The fourth-order valence-corrected chi connectivity index (χ4v) is 2.05. The van der Waals surface area contributed by atoms with Crippen molar-refractivity contribution in [2.45, 2.75) is 13.1 Å². The van der Waals surface area contributed by atoms with E-state index in [1.807, 2.05) is 6.20 Å². The molecule has 0 spiro atoms. The van der Waals surface area contributed by atoms with Crippen molar-refractivity contribution in [3.05, 3.63) is 54.2 Å². The van der Waals surface area contributed by atoms with Crippen molar-refractivity contribution in [2.24, 2.45) is 5.73 Å². The molecule has 4 nitrogen and oxygen atoms in total. The maximum absolute atomic E-state index is 5.67. The third kappa shape index (κ3) is 1.83. The third-order valence-electron chi connectivity index (χ3n) is 2.96. The molecule has 3 N–H and O–H groups in total. The molecule has 17 heavy (non-hydrogen) atoms. The number of nitrogens with one attached hydrogen (secondary N) is 1. The number of rotatable bonds is 3. The van der Waals surface area contributed by atoms with Gasteiger partial charge in [0.05, 0.1) is 18.6 Å². The number of benzene rings is 1. The largest absolute Gasteiger partial charge is 0.351 e. The molecule has 2 heterocycles. The summed E-state index contributed by atoms with van der Waals surface area (Å²) in [6, 6.07) is 8.43. The summed E-state index contributed by atoms with van der Waals surface area (Å²) in [6.07, 6.45) is 5.70. The van der Waals surface area contributed by atoms with Crippen molar-refractivity contribution in [1.82, 2.24) is 14.5 Å². The zero-order valence-corrected chi connectivity index (χ0v) is 9.43. The van der Waals surface area contributed by atoms with Crippen molar-refractivity contribution in [1.29, 1.82) is 0 Å². The third-order valence-corrected chi connectivity index (χ3v) is 2.96. The van der Waals surface area contributed by atoms with E-state index >= 15 is 0 Å². The monoisotopic (exact) mass is 226 g/mol. The summed E-state index contributed by atoms with van der Waals surface area (Å²) in [5, 5.41) is 1.23. The zero-order valence-electron chi connectivity index (χ0n) is 9.43. The lowest BCUT2D eigenvalue weighted by Gasteiger charge is -2.04. The van der Waals surface area contributed by atoms with Gasteiger partial charge in [-0.25, -0.2) is 4.98 Å². The molecule has 4 heteroatoms. The molecule has 2 aromatic heterocycles. The molecule has 0 aliphatic rings. The molecule has 3 aromatic rings. The number of H-pyrrole nitrogens is 1. The van der Waals surface area contributed by atoms with Crippen LogP contribution in [0.4, 0.5) is 0 Å². The minimum atomic E-state index is 0.573. The molecule has 0 amide bonds. The second-order valence-electron chi connectivity index (χ2n) is 4.10. The van der Waals surface area contributed by atoms with Crippen LogP contribution in [0, 0.1) is 0 Å². The Bertz CT molecular complexity index is 622. The molecular weight excluding hydrogens is 212 g/mol. The summed E-state index contributed by atoms with van der Waals surface area (Å²) in [4.78, 5) is 7.21. The van der Waals surface area contributed by atoms with Gasteiger partial charge in [-0.1, -0.05) is 12.1 Å². The van der Waals surface area contributed by atoms with Gasteiger partial charge in [0.2, 0.25) is 0 Å². The second-order valence-corrected chi connectivity index (χ2v) is 4.10. The van der Waals surface area contributed by atoms with Gasteiger partial charge in [-0.2, -0.15) is 0 Å². The number of aromatic nitrogens is 3. The predicted molar refractivity (Wildman–Crippen MR) is 67.5 cm³/mol. The topological polar surface area (TPSA) is 59.6 Å². The molecule has 0 saturated carbocycles. The molecule has 86 valence electrons. The number of nitrogens with zero attached hydrogens (tertiary/aromatic N) is 2. The Balaban J connectivity index is 2.04. The summed E-state index contributed by atoms with van der Waals surface area (Å²) in [6.45, 7) is 1.35. The SMILES string of the molecule is NCc1ccc2ccn(Cc3c[nH]cn3)c2c1. The quantitative estimate of drug-likeness (QED) is 0.716. The van der Waals surface area contributed by atoms with Crippen molar-refractivity contribution in [3.8, 4) is 0 Å². The first-order valence-corrected chi connectivity index (χ1v) is 5.62. The lowest BCUT2D eigenvalue weighted by Crippen LogP contribution is -2.00. The van der Waals surface area contributed by atoms with Crippen LogP contribution >= 0.6 is 0 Å². The molecule has 0 atom stereocenters. The number of nitrogens with two attached hydrogens (primary N) is 1. The Hall–Kier alpha value is -2.07. The average molecular weight is 226 g/mol. The van der Waals surface area contributed by atoms with Crippen molar-refractivity contribution >= 4 is 10.9 Å². The van der Waals surface area contributed by atoms with E-state index in [1.54, 1.807) is 6.33 Å². The van der Waals surface area contributed by atoms with E-state index in [2.05, 4.69) is 45.0 Å². The van der Waals surface area contributed by atoms with Gasteiger partial charge in [0.25, 0.3) is 0 Å². The Labute approximate surface area is 99.1 Å². The van der Waals surface area contributed by atoms with Gasteiger partial charge >= 0.3 is 0 Å². The van der Waals surface area contributed by atoms with E-state index in [4.69, 9.17) is 5.73 Å². The van der Waals surface area contributed by atoms with E-state index in [0.29, 0.717) is 6.54 Å².